The summed E-state index contributed by atoms with van der Waals surface area (Å²) in [6.07, 6.45) is 3.82. The van der Waals surface area contributed by atoms with E-state index in [9.17, 15) is 9.59 Å². The number of esters is 1. The lowest BCUT2D eigenvalue weighted by atomic mass is 9.89. The summed E-state index contributed by atoms with van der Waals surface area (Å²) >= 11 is 5.87. The number of carbonyl (C=O) groups excluding carboxylic acids is 2. The first-order chi connectivity index (χ1) is 12.0. The highest BCUT2D eigenvalue weighted by Crippen LogP contribution is 2.25. The molecular weight excluding hydrogens is 342 g/mol. The van der Waals surface area contributed by atoms with Gasteiger partial charge >= 0.3 is 12.1 Å². The minimum Gasteiger partial charge on any atom is -0.425 e. The number of ether oxygens (including phenoxy) is 2. The molecule has 1 amide bonds. The van der Waals surface area contributed by atoms with Crippen LogP contribution in [-0.2, 0) is 14.3 Å². The van der Waals surface area contributed by atoms with E-state index in [1.807, 2.05) is 12.1 Å². The van der Waals surface area contributed by atoms with Crippen LogP contribution < -0.4 is 5.32 Å². The molecule has 2 atom stereocenters. The average molecular weight is 367 g/mol. The summed E-state index contributed by atoms with van der Waals surface area (Å²) < 4.78 is 10.4. The molecule has 1 aromatic carbocycles. The zero-order valence-corrected chi connectivity index (χ0v) is 15.3. The number of alkyl carbamates (subject to hydrolysis) is 1. The number of amides is 1. The molecule has 2 unspecified atom stereocenters. The molecule has 1 aliphatic carbocycles. The molecule has 1 aromatic rings. The van der Waals surface area contributed by atoms with Gasteiger partial charge in [-0.05, 0) is 37.0 Å². The van der Waals surface area contributed by atoms with Gasteiger partial charge in [0.05, 0.1) is 12.0 Å². The largest absolute Gasteiger partial charge is 0.425 e. The van der Waals surface area contributed by atoms with Crippen LogP contribution in [0, 0.1) is 12.8 Å². The molecule has 1 radical (unpaired) electrons. The molecule has 0 spiro atoms. The minimum atomic E-state index is -0.926. The Morgan fingerprint density at radius 1 is 1.20 bits per heavy atom. The first-order valence-electron chi connectivity index (χ1n) is 8.72. The minimum absolute atomic E-state index is 0.0791. The molecule has 5 nitrogen and oxygen atoms in total. The molecule has 0 heterocycles. The number of benzene rings is 1. The number of nitrogens with one attached hydrogen (secondary N) is 1. The summed E-state index contributed by atoms with van der Waals surface area (Å²) in [5.74, 6) is -0.365. The van der Waals surface area contributed by atoms with Crippen molar-refractivity contribution in [3.63, 3.8) is 0 Å². The molecule has 6 heteroatoms. The predicted molar refractivity (Wildman–Crippen MR) is 95.9 cm³/mol. The molecule has 1 N–H and O–H groups in total. The lowest BCUT2D eigenvalue weighted by molar-refractivity contribution is -0.171. The van der Waals surface area contributed by atoms with Crippen molar-refractivity contribution >= 4 is 23.7 Å². The highest BCUT2D eigenvalue weighted by molar-refractivity contribution is 6.30. The summed E-state index contributed by atoms with van der Waals surface area (Å²) in [6, 6.07) is 6.85. The molecule has 2 rings (SSSR count). The standard InChI is InChI=1S/C19H25ClNO4/c1-3-17(14-9-11-16(20)12-10-14)21-19(23)25-13(2)24-18(22)15-7-5-4-6-8-15/h9-13,15,17H,1,3-8H2,2H3,(H,21,23). The van der Waals surface area contributed by atoms with Gasteiger partial charge in [-0.3, -0.25) is 4.79 Å². The third-order valence-corrected chi connectivity index (χ3v) is 4.60. The highest BCUT2D eigenvalue weighted by atomic mass is 35.5. The zero-order valence-electron chi connectivity index (χ0n) is 14.5. The zero-order chi connectivity index (χ0) is 18.2. The van der Waals surface area contributed by atoms with Crippen LogP contribution in [0.3, 0.4) is 0 Å². The molecule has 0 aliphatic heterocycles. The van der Waals surface area contributed by atoms with E-state index in [0.29, 0.717) is 11.4 Å². The van der Waals surface area contributed by atoms with E-state index in [-0.39, 0.29) is 17.9 Å². The van der Waals surface area contributed by atoms with Gasteiger partial charge in [0.15, 0.2) is 0 Å². The second kappa shape index (κ2) is 9.66. The van der Waals surface area contributed by atoms with Gasteiger partial charge in [-0.25, -0.2) is 4.79 Å². The molecule has 1 fully saturated rings. The van der Waals surface area contributed by atoms with Crippen LogP contribution in [0.2, 0.25) is 5.02 Å². The van der Waals surface area contributed by atoms with Crippen molar-refractivity contribution in [2.45, 2.75) is 57.8 Å². The van der Waals surface area contributed by atoms with Crippen molar-refractivity contribution in [2.75, 3.05) is 0 Å². The Balaban J connectivity index is 1.81. The molecule has 25 heavy (non-hydrogen) atoms. The molecule has 1 aliphatic rings. The number of rotatable bonds is 6. The van der Waals surface area contributed by atoms with Gasteiger partial charge in [-0.2, -0.15) is 0 Å². The second-order valence-electron chi connectivity index (χ2n) is 6.28. The fraction of sp³-hybridized carbons (Fsp3) is 0.526. The normalized spacial score (nSPS) is 17.4. The Kier molecular flexibility index (Phi) is 7.56. The smallest absolute Gasteiger partial charge is 0.410 e. The maximum absolute atomic E-state index is 12.1. The van der Waals surface area contributed by atoms with Gasteiger partial charge in [0.2, 0.25) is 6.29 Å². The molecule has 0 bridgehead atoms. The van der Waals surface area contributed by atoms with Crippen LogP contribution in [-0.4, -0.2) is 18.4 Å². The van der Waals surface area contributed by atoms with Crippen LogP contribution in [0.4, 0.5) is 4.79 Å². The number of carbonyl (C=O) groups is 2. The Labute approximate surface area is 154 Å². The topological polar surface area (TPSA) is 64.6 Å². The maximum atomic E-state index is 12.1. The molecule has 0 saturated heterocycles. The van der Waals surface area contributed by atoms with Crippen LogP contribution >= 0.6 is 11.6 Å². The third-order valence-electron chi connectivity index (χ3n) is 4.35. The van der Waals surface area contributed by atoms with E-state index in [0.717, 1.165) is 37.7 Å². The first-order valence-corrected chi connectivity index (χ1v) is 9.09. The third kappa shape index (κ3) is 6.24. The fourth-order valence-electron chi connectivity index (χ4n) is 2.97. The van der Waals surface area contributed by atoms with Crippen molar-refractivity contribution < 1.29 is 19.1 Å². The van der Waals surface area contributed by atoms with Crippen LogP contribution in [0.25, 0.3) is 0 Å². The van der Waals surface area contributed by atoms with E-state index in [2.05, 4.69) is 12.2 Å². The van der Waals surface area contributed by atoms with Crippen LogP contribution in [0.15, 0.2) is 24.3 Å². The first kappa shape index (κ1) is 19.6. The average Bonchev–Trinajstić information content (AvgIpc) is 2.61. The fourth-order valence-corrected chi connectivity index (χ4v) is 3.09. The van der Waals surface area contributed by atoms with E-state index < -0.39 is 12.4 Å². The predicted octanol–water partition coefficient (Wildman–Crippen LogP) is 4.80. The Bertz CT molecular complexity index is 569. The SMILES string of the molecule is [CH2]CC(NC(=O)OC(C)OC(=O)C1CCCCC1)c1ccc(Cl)cc1. The van der Waals surface area contributed by atoms with Crippen LogP contribution in [0.1, 0.15) is 57.1 Å². The van der Waals surface area contributed by atoms with Gasteiger partial charge in [0.25, 0.3) is 0 Å². The van der Waals surface area contributed by atoms with E-state index in [1.165, 1.54) is 0 Å². The summed E-state index contributed by atoms with van der Waals surface area (Å²) in [6.45, 7) is 5.38. The van der Waals surface area contributed by atoms with Gasteiger partial charge in [0.1, 0.15) is 0 Å². The van der Waals surface area contributed by atoms with E-state index in [1.54, 1.807) is 19.1 Å². The van der Waals surface area contributed by atoms with Gasteiger partial charge in [-0.1, -0.05) is 49.9 Å². The quantitative estimate of drug-likeness (QED) is 0.580. The van der Waals surface area contributed by atoms with Gasteiger partial charge in [-0.15, -0.1) is 0 Å². The summed E-state index contributed by atoms with van der Waals surface area (Å²) in [7, 11) is 0. The number of hydrogen-bond acceptors (Lipinski definition) is 4. The van der Waals surface area contributed by atoms with E-state index in [4.69, 9.17) is 21.1 Å². The molecule has 1 saturated carbocycles. The highest BCUT2D eigenvalue weighted by Gasteiger charge is 2.25. The van der Waals surface area contributed by atoms with Crippen molar-refractivity contribution in [1.29, 1.82) is 0 Å². The molecular formula is C19H25ClNO4. The van der Waals surface area contributed by atoms with Crippen molar-refractivity contribution in [1.82, 2.24) is 5.32 Å². The van der Waals surface area contributed by atoms with Crippen molar-refractivity contribution in [2.24, 2.45) is 5.92 Å². The van der Waals surface area contributed by atoms with Gasteiger partial charge < -0.3 is 14.8 Å². The van der Waals surface area contributed by atoms with E-state index >= 15 is 0 Å². The lowest BCUT2D eigenvalue weighted by Crippen LogP contribution is -2.34. The Hall–Kier alpha value is -1.75. The van der Waals surface area contributed by atoms with Crippen molar-refractivity contribution in [3.8, 4) is 0 Å². The lowest BCUT2D eigenvalue weighted by Gasteiger charge is -2.23. The summed E-state index contributed by atoms with van der Waals surface area (Å²) in [4.78, 5) is 24.1. The number of hydrogen-bond donors (Lipinski definition) is 1. The molecule has 0 aromatic heterocycles. The number of halogens is 1. The van der Waals surface area contributed by atoms with Gasteiger partial charge in [0, 0.05) is 11.9 Å². The van der Waals surface area contributed by atoms with Crippen LogP contribution in [0.5, 0.6) is 0 Å². The molecule has 137 valence electrons. The second-order valence-corrected chi connectivity index (χ2v) is 6.72. The Morgan fingerprint density at radius 3 is 2.44 bits per heavy atom. The Morgan fingerprint density at radius 2 is 1.84 bits per heavy atom. The van der Waals surface area contributed by atoms with Crippen molar-refractivity contribution in [3.05, 3.63) is 41.8 Å². The monoisotopic (exact) mass is 366 g/mol. The maximum Gasteiger partial charge on any atom is 0.410 e. The summed E-state index contributed by atoms with van der Waals surface area (Å²) in [5, 5.41) is 3.35. The summed E-state index contributed by atoms with van der Waals surface area (Å²) in [5.41, 5.74) is 0.878.